The van der Waals surface area contributed by atoms with Gasteiger partial charge in [-0.05, 0) is 49.2 Å². The van der Waals surface area contributed by atoms with Crippen molar-refractivity contribution in [1.29, 1.82) is 0 Å². The van der Waals surface area contributed by atoms with Crippen LogP contribution in [0.2, 0.25) is 0 Å². The number of nitrogens with zero attached hydrogens (tertiary/aromatic N) is 1. The van der Waals surface area contributed by atoms with Crippen LogP contribution in [0, 0.1) is 6.92 Å². The zero-order chi connectivity index (χ0) is 15.9. The number of aryl methyl sites for hydroxylation is 1. The molecule has 2 aromatic rings. The van der Waals surface area contributed by atoms with Crippen LogP contribution in [-0.4, -0.2) is 10.9 Å². The van der Waals surface area contributed by atoms with Gasteiger partial charge >= 0.3 is 0 Å². The SMILES string of the molecule is CCCCC(=O)Nc1ccc(Nc2ccc(Br)c(C)c2)cn1. The van der Waals surface area contributed by atoms with E-state index >= 15 is 0 Å². The topological polar surface area (TPSA) is 54.0 Å². The Balaban J connectivity index is 1.96. The second-order valence-electron chi connectivity index (χ2n) is 5.17. The maximum Gasteiger partial charge on any atom is 0.225 e. The maximum atomic E-state index is 11.6. The highest BCUT2D eigenvalue weighted by atomic mass is 79.9. The maximum absolute atomic E-state index is 11.6. The minimum Gasteiger partial charge on any atom is -0.354 e. The molecule has 0 bridgehead atoms. The quantitative estimate of drug-likeness (QED) is 0.758. The molecule has 1 aromatic heterocycles. The van der Waals surface area contributed by atoms with Gasteiger partial charge in [-0.15, -0.1) is 0 Å². The number of hydrogen-bond acceptors (Lipinski definition) is 3. The normalized spacial score (nSPS) is 10.3. The summed E-state index contributed by atoms with van der Waals surface area (Å²) >= 11 is 3.48. The molecule has 4 nitrogen and oxygen atoms in total. The summed E-state index contributed by atoms with van der Waals surface area (Å²) < 4.78 is 1.08. The number of carbonyl (C=O) groups is 1. The van der Waals surface area contributed by atoms with Gasteiger partial charge in [0.25, 0.3) is 0 Å². The first kappa shape index (κ1) is 16.5. The molecular formula is C17H20BrN3O. The van der Waals surface area contributed by atoms with E-state index in [1.807, 2.05) is 25.1 Å². The molecule has 0 aliphatic carbocycles. The minimum absolute atomic E-state index is 0.0126. The van der Waals surface area contributed by atoms with Crippen molar-refractivity contribution in [3.63, 3.8) is 0 Å². The van der Waals surface area contributed by atoms with Crippen LogP contribution in [-0.2, 0) is 4.79 Å². The third kappa shape index (κ3) is 4.84. The van der Waals surface area contributed by atoms with Crippen LogP contribution in [0.15, 0.2) is 41.0 Å². The number of carbonyl (C=O) groups excluding carboxylic acids is 1. The lowest BCUT2D eigenvalue weighted by molar-refractivity contribution is -0.116. The van der Waals surface area contributed by atoms with E-state index < -0.39 is 0 Å². The second-order valence-corrected chi connectivity index (χ2v) is 6.03. The van der Waals surface area contributed by atoms with Gasteiger partial charge in [-0.1, -0.05) is 29.3 Å². The number of nitrogens with one attached hydrogen (secondary N) is 2. The van der Waals surface area contributed by atoms with E-state index in [0.717, 1.165) is 34.3 Å². The van der Waals surface area contributed by atoms with Crippen molar-refractivity contribution >= 4 is 39.0 Å². The molecule has 0 aliphatic heterocycles. The molecule has 2 rings (SSSR count). The molecule has 0 radical (unpaired) electrons. The Bertz CT molecular complexity index is 641. The van der Waals surface area contributed by atoms with E-state index in [4.69, 9.17) is 0 Å². The first-order valence-electron chi connectivity index (χ1n) is 7.37. The first-order chi connectivity index (χ1) is 10.6. The van der Waals surface area contributed by atoms with E-state index in [1.54, 1.807) is 12.3 Å². The third-order valence-corrected chi connectivity index (χ3v) is 4.12. The van der Waals surface area contributed by atoms with E-state index in [0.29, 0.717) is 12.2 Å². The summed E-state index contributed by atoms with van der Waals surface area (Å²) in [5.74, 6) is 0.595. The molecule has 0 unspecified atom stereocenters. The van der Waals surface area contributed by atoms with Gasteiger partial charge in [-0.25, -0.2) is 4.98 Å². The number of aromatic nitrogens is 1. The Morgan fingerprint density at radius 3 is 2.64 bits per heavy atom. The fraction of sp³-hybridized carbons (Fsp3) is 0.294. The minimum atomic E-state index is 0.0126. The van der Waals surface area contributed by atoms with Crippen LogP contribution < -0.4 is 10.6 Å². The van der Waals surface area contributed by atoms with E-state index in [2.05, 4.69) is 44.5 Å². The Morgan fingerprint density at radius 1 is 1.23 bits per heavy atom. The van der Waals surface area contributed by atoms with Crippen LogP contribution in [0.5, 0.6) is 0 Å². The summed E-state index contributed by atoms with van der Waals surface area (Å²) in [6.45, 7) is 4.11. The predicted molar refractivity (Wildman–Crippen MR) is 94.6 cm³/mol. The molecule has 22 heavy (non-hydrogen) atoms. The molecular weight excluding hydrogens is 342 g/mol. The lowest BCUT2D eigenvalue weighted by Gasteiger charge is -2.09. The van der Waals surface area contributed by atoms with Crippen molar-refractivity contribution in [2.24, 2.45) is 0 Å². The van der Waals surface area contributed by atoms with Gasteiger partial charge in [0.1, 0.15) is 5.82 Å². The van der Waals surface area contributed by atoms with Gasteiger partial charge in [0, 0.05) is 16.6 Å². The number of unbranched alkanes of at least 4 members (excludes halogenated alkanes) is 1. The fourth-order valence-electron chi connectivity index (χ4n) is 1.97. The van der Waals surface area contributed by atoms with Gasteiger partial charge in [0.05, 0.1) is 11.9 Å². The monoisotopic (exact) mass is 361 g/mol. The number of amides is 1. The van der Waals surface area contributed by atoms with Crippen molar-refractivity contribution in [1.82, 2.24) is 4.98 Å². The Labute approximate surface area is 139 Å². The van der Waals surface area contributed by atoms with Gasteiger partial charge in [0.15, 0.2) is 0 Å². The predicted octanol–water partition coefficient (Wildman–Crippen LogP) is 5.02. The van der Waals surface area contributed by atoms with Crippen molar-refractivity contribution in [3.05, 3.63) is 46.6 Å². The number of pyridine rings is 1. The molecule has 1 amide bonds. The Kier molecular flexibility index (Phi) is 5.95. The van der Waals surface area contributed by atoms with Gasteiger partial charge in [-0.3, -0.25) is 4.79 Å². The molecule has 0 spiro atoms. The van der Waals surface area contributed by atoms with Crippen molar-refractivity contribution in [2.75, 3.05) is 10.6 Å². The summed E-state index contributed by atoms with van der Waals surface area (Å²) in [5.41, 5.74) is 3.05. The van der Waals surface area contributed by atoms with E-state index in [1.165, 1.54) is 0 Å². The first-order valence-corrected chi connectivity index (χ1v) is 8.17. The zero-order valence-electron chi connectivity index (χ0n) is 12.8. The second kappa shape index (κ2) is 7.94. The van der Waals surface area contributed by atoms with Crippen LogP contribution in [0.25, 0.3) is 0 Å². The van der Waals surface area contributed by atoms with Crippen LogP contribution >= 0.6 is 15.9 Å². The van der Waals surface area contributed by atoms with E-state index in [-0.39, 0.29) is 5.91 Å². The third-order valence-electron chi connectivity index (χ3n) is 3.23. The molecule has 5 heteroatoms. The number of hydrogen-bond donors (Lipinski definition) is 2. The van der Waals surface area contributed by atoms with Gasteiger partial charge in [0.2, 0.25) is 5.91 Å². The summed E-state index contributed by atoms with van der Waals surface area (Å²) in [6, 6.07) is 9.77. The molecule has 0 saturated carbocycles. The van der Waals surface area contributed by atoms with Gasteiger partial charge < -0.3 is 10.6 Å². The highest BCUT2D eigenvalue weighted by molar-refractivity contribution is 9.10. The molecule has 2 N–H and O–H groups in total. The molecule has 0 saturated heterocycles. The summed E-state index contributed by atoms with van der Waals surface area (Å²) in [7, 11) is 0. The lowest BCUT2D eigenvalue weighted by Crippen LogP contribution is -2.12. The molecule has 0 aliphatic rings. The average Bonchev–Trinajstić information content (AvgIpc) is 2.51. The number of halogens is 1. The number of benzene rings is 1. The van der Waals surface area contributed by atoms with Crippen molar-refractivity contribution in [3.8, 4) is 0 Å². The standard InChI is InChI=1S/C17H20BrN3O/c1-3-4-5-17(22)21-16-9-7-14(11-19-16)20-13-6-8-15(18)12(2)10-13/h6-11,20H,3-5H2,1-2H3,(H,19,21,22). The fourth-order valence-corrected chi connectivity index (χ4v) is 2.22. The molecule has 1 aromatic carbocycles. The van der Waals surface area contributed by atoms with Gasteiger partial charge in [-0.2, -0.15) is 0 Å². The average molecular weight is 362 g/mol. The van der Waals surface area contributed by atoms with Crippen LogP contribution in [0.3, 0.4) is 0 Å². The Morgan fingerprint density at radius 2 is 2.00 bits per heavy atom. The molecule has 0 atom stereocenters. The number of rotatable bonds is 6. The largest absolute Gasteiger partial charge is 0.354 e. The molecule has 1 heterocycles. The van der Waals surface area contributed by atoms with Crippen molar-refractivity contribution < 1.29 is 4.79 Å². The summed E-state index contributed by atoms with van der Waals surface area (Å²) in [6.07, 6.45) is 4.16. The molecule has 116 valence electrons. The van der Waals surface area contributed by atoms with E-state index in [9.17, 15) is 4.79 Å². The summed E-state index contributed by atoms with van der Waals surface area (Å²) in [5, 5.41) is 6.09. The van der Waals surface area contributed by atoms with Crippen molar-refractivity contribution in [2.45, 2.75) is 33.1 Å². The highest BCUT2D eigenvalue weighted by Gasteiger charge is 2.03. The smallest absolute Gasteiger partial charge is 0.225 e. The zero-order valence-corrected chi connectivity index (χ0v) is 14.4. The van der Waals surface area contributed by atoms with Crippen LogP contribution in [0.4, 0.5) is 17.2 Å². The molecule has 0 fully saturated rings. The highest BCUT2D eigenvalue weighted by Crippen LogP contribution is 2.23. The Hall–Kier alpha value is -1.88. The number of anilines is 3. The summed E-state index contributed by atoms with van der Waals surface area (Å²) in [4.78, 5) is 15.9. The lowest BCUT2D eigenvalue weighted by atomic mass is 10.2. The van der Waals surface area contributed by atoms with Crippen LogP contribution in [0.1, 0.15) is 31.7 Å².